The lowest BCUT2D eigenvalue weighted by Gasteiger charge is -2.08. The number of hydrazine groups is 1. The van der Waals surface area contributed by atoms with Crippen molar-refractivity contribution in [3.05, 3.63) is 48.5 Å². The molecule has 20 heavy (non-hydrogen) atoms. The quantitative estimate of drug-likeness (QED) is 0.438. The molecule has 0 aliphatic carbocycles. The summed E-state index contributed by atoms with van der Waals surface area (Å²) in [6.07, 6.45) is 2.05. The molecule has 3 aromatic rings. The standard InChI is InChI=1S/C15H14N4S/c1-20-11-8-6-10(7-9-11)14-17-13-5-3-2-4-12(13)15(18-14)19-16/h2-9H,16H2,1H3,(H,17,18,19). The maximum absolute atomic E-state index is 5.56. The molecule has 4 nitrogen and oxygen atoms in total. The van der Waals surface area contributed by atoms with Crippen LogP contribution in [0, 0.1) is 0 Å². The van der Waals surface area contributed by atoms with E-state index in [1.165, 1.54) is 4.90 Å². The van der Waals surface area contributed by atoms with Crippen molar-refractivity contribution < 1.29 is 0 Å². The van der Waals surface area contributed by atoms with Crippen molar-refractivity contribution in [2.24, 2.45) is 5.84 Å². The Balaban J connectivity index is 2.15. The van der Waals surface area contributed by atoms with Gasteiger partial charge in [-0.05, 0) is 30.5 Å². The number of fused-ring (bicyclic) bond motifs is 1. The molecule has 0 spiro atoms. The van der Waals surface area contributed by atoms with Gasteiger partial charge in [-0.25, -0.2) is 15.8 Å². The molecule has 0 amide bonds. The van der Waals surface area contributed by atoms with E-state index in [1.54, 1.807) is 11.8 Å². The van der Waals surface area contributed by atoms with Crippen LogP contribution < -0.4 is 11.3 Å². The molecular formula is C15H14N4S. The summed E-state index contributed by atoms with van der Waals surface area (Å²) in [6.45, 7) is 0. The monoisotopic (exact) mass is 282 g/mol. The second-order valence-corrected chi connectivity index (χ2v) is 5.17. The maximum Gasteiger partial charge on any atom is 0.162 e. The van der Waals surface area contributed by atoms with Crippen molar-refractivity contribution >= 4 is 28.5 Å². The van der Waals surface area contributed by atoms with E-state index in [1.807, 2.05) is 36.4 Å². The molecule has 0 fully saturated rings. The normalized spacial score (nSPS) is 10.7. The van der Waals surface area contributed by atoms with Gasteiger partial charge in [0.1, 0.15) is 0 Å². The molecule has 1 aromatic heterocycles. The summed E-state index contributed by atoms with van der Waals surface area (Å²) in [5.74, 6) is 6.87. The van der Waals surface area contributed by atoms with E-state index in [0.717, 1.165) is 16.5 Å². The van der Waals surface area contributed by atoms with Gasteiger partial charge in [0.15, 0.2) is 11.6 Å². The lowest BCUT2D eigenvalue weighted by Crippen LogP contribution is -2.10. The number of hydrogen-bond acceptors (Lipinski definition) is 5. The number of nitrogen functional groups attached to an aromatic ring is 1. The summed E-state index contributed by atoms with van der Waals surface area (Å²) in [5, 5.41) is 0.916. The molecule has 1 heterocycles. The first-order valence-electron chi connectivity index (χ1n) is 6.19. The van der Waals surface area contributed by atoms with Crippen molar-refractivity contribution in [2.45, 2.75) is 4.90 Å². The van der Waals surface area contributed by atoms with Gasteiger partial charge in [0.25, 0.3) is 0 Å². The number of benzene rings is 2. The van der Waals surface area contributed by atoms with Crippen LogP contribution in [0.15, 0.2) is 53.4 Å². The minimum atomic E-state index is 0.638. The van der Waals surface area contributed by atoms with Crippen molar-refractivity contribution in [1.29, 1.82) is 0 Å². The van der Waals surface area contributed by atoms with Crippen LogP contribution in [0.4, 0.5) is 5.82 Å². The molecule has 0 saturated carbocycles. The van der Waals surface area contributed by atoms with Crippen LogP contribution in [0.2, 0.25) is 0 Å². The molecular weight excluding hydrogens is 268 g/mol. The van der Waals surface area contributed by atoms with Crippen LogP contribution >= 0.6 is 11.8 Å². The lowest BCUT2D eigenvalue weighted by molar-refractivity contribution is 1.18. The highest BCUT2D eigenvalue weighted by atomic mass is 32.2. The largest absolute Gasteiger partial charge is 0.308 e. The van der Waals surface area contributed by atoms with Gasteiger partial charge in [-0.2, -0.15) is 0 Å². The van der Waals surface area contributed by atoms with Crippen molar-refractivity contribution in [3.63, 3.8) is 0 Å². The second kappa shape index (κ2) is 5.48. The third kappa shape index (κ3) is 2.33. The molecule has 0 atom stereocenters. The van der Waals surface area contributed by atoms with Gasteiger partial charge >= 0.3 is 0 Å². The number of nitrogens with two attached hydrogens (primary N) is 1. The highest BCUT2D eigenvalue weighted by Gasteiger charge is 2.08. The van der Waals surface area contributed by atoms with Gasteiger partial charge in [-0.1, -0.05) is 24.3 Å². The third-order valence-electron chi connectivity index (χ3n) is 3.09. The minimum absolute atomic E-state index is 0.638. The fourth-order valence-electron chi connectivity index (χ4n) is 2.06. The molecule has 100 valence electrons. The Labute approximate surface area is 121 Å². The summed E-state index contributed by atoms with van der Waals surface area (Å²) < 4.78 is 0. The van der Waals surface area contributed by atoms with Gasteiger partial charge in [0.2, 0.25) is 0 Å². The Morgan fingerprint density at radius 1 is 1.00 bits per heavy atom. The Kier molecular flexibility index (Phi) is 3.54. The number of hydrogen-bond donors (Lipinski definition) is 2. The van der Waals surface area contributed by atoms with Crippen LogP contribution in [-0.4, -0.2) is 16.2 Å². The molecule has 0 aliphatic heterocycles. The van der Waals surface area contributed by atoms with E-state index in [0.29, 0.717) is 11.6 Å². The van der Waals surface area contributed by atoms with Crippen LogP contribution in [0.3, 0.4) is 0 Å². The third-order valence-corrected chi connectivity index (χ3v) is 3.83. The fraction of sp³-hybridized carbons (Fsp3) is 0.0667. The topological polar surface area (TPSA) is 63.8 Å². The summed E-state index contributed by atoms with van der Waals surface area (Å²) in [4.78, 5) is 10.3. The highest BCUT2D eigenvalue weighted by Crippen LogP contribution is 2.25. The smallest absolute Gasteiger partial charge is 0.162 e. The van der Waals surface area contributed by atoms with E-state index < -0.39 is 0 Å². The Bertz CT molecular complexity index is 740. The summed E-state index contributed by atoms with van der Waals surface area (Å²) in [6, 6.07) is 16.0. The first-order valence-corrected chi connectivity index (χ1v) is 7.42. The van der Waals surface area contributed by atoms with Gasteiger partial charge in [0.05, 0.1) is 5.52 Å². The van der Waals surface area contributed by atoms with Crippen LogP contribution in [-0.2, 0) is 0 Å². The number of aromatic nitrogens is 2. The number of para-hydroxylation sites is 1. The van der Waals surface area contributed by atoms with Crippen LogP contribution in [0.25, 0.3) is 22.3 Å². The SMILES string of the molecule is CSc1ccc(-c2nc(NN)c3ccccc3n2)cc1. The molecule has 0 bridgehead atoms. The predicted molar refractivity (Wildman–Crippen MR) is 84.6 cm³/mol. The van der Waals surface area contributed by atoms with Crippen molar-refractivity contribution in [3.8, 4) is 11.4 Å². The van der Waals surface area contributed by atoms with Crippen LogP contribution in [0.5, 0.6) is 0 Å². The zero-order valence-corrected chi connectivity index (χ0v) is 11.8. The molecule has 2 aromatic carbocycles. The van der Waals surface area contributed by atoms with E-state index in [2.05, 4.69) is 33.8 Å². The molecule has 0 unspecified atom stereocenters. The number of anilines is 1. The van der Waals surface area contributed by atoms with E-state index in [9.17, 15) is 0 Å². The summed E-state index contributed by atoms with van der Waals surface area (Å²) in [7, 11) is 0. The molecule has 0 radical (unpaired) electrons. The lowest BCUT2D eigenvalue weighted by atomic mass is 10.2. The zero-order valence-electron chi connectivity index (χ0n) is 11.0. The van der Waals surface area contributed by atoms with Gasteiger partial charge in [-0.15, -0.1) is 11.8 Å². The minimum Gasteiger partial charge on any atom is -0.308 e. The second-order valence-electron chi connectivity index (χ2n) is 4.29. The predicted octanol–water partition coefficient (Wildman–Crippen LogP) is 3.30. The Morgan fingerprint density at radius 2 is 1.75 bits per heavy atom. The summed E-state index contributed by atoms with van der Waals surface area (Å²) in [5.41, 5.74) is 4.50. The van der Waals surface area contributed by atoms with Gasteiger partial charge in [-0.3, -0.25) is 0 Å². The average molecular weight is 282 g/mol. The number of thioether (sulfide) groups is 1. The Morgan fingerprint density at radius 3 is 2.45 bits per heavy atom. The average Bonchev–Trinajstić information content (AvgIpc) is 2.54. The van der Waals surface area contributed by atoms with Crippen molar-refractivity contribution in [2.75, 3.05) is 11.7 Å². The number of rotatable bonds is 3. The first kappa shape index (κ1) is 12.9. The number of nitrogens with zero attached hydrogens (tertiary/aromatic N) is 2. The first-order chi connectivity index (χ1) is 9.81. The van der Waals surface area contributed by atoms with Gasteiger partial charge in [0, 0.05) is 15.8 Å². The zero-order chi connectivity index (χ0) is 13.9. The fourth-order valence-corrected chi connectivity index (χ4v) is 2.46. The Hall–Kier alpha value is -2.11. The molecule has 3 N–H and O–H groups in total. The molecule has 0 aliphatic rings. The molecule has 0 saturated heterocycles. The van der Waals surface area contributed by atoms with E-state index in [-0.39, 0.29) is 0 Å². The number of nitrogens with one attached hydrogen (secondary N) is 1. The molecule has 5 heteroatoms. The highest BCUT2D eigenvalue weighted by molar-refractivity contribution is 7.98. The molecule has 3 rings (SSSR count). The summed E-state index contributed by atoms with van der Waals surface area (Å²) >= 11 is 1.71. The van der Waals surface area contributed by atoms with Gasteiger partial charge < -0.3 is 5.43 Å². The van der Waals surface area contributed by atoms with E-state index in [4.69, 9.17) is 5.84 Å². The van der Waals surface area contributed by atoms with E-state index >= 15 is 0 Å². The van der Waals surface area contributed by atoms with Crippen LogP contribution in [0.1, 0.15) is 0 Å². The maximum atomic E-state index is 5.56. The van der Waals surface area contributed by atoms with Crippen molar-refractivity contribution in [1.82, 2.24) is 9.97 Å².